The molecule has 5 aromatic heterocycles. The topological polar surface area (TPSA) is 39.2 Å². The molecule has 5 heterocycles. The van der Waals surface area contributed by atoms with Crippen LogP contribution in [0.1, 0.15) is 22.3 Å². The summed E-state index contributed by atoms with van der Waals surface area (Å²) in [5.41, 5.74) is 35.2. The van der Waals surface area contributed by atoms with Crippen molar-refractivity contribution in [2.45, 2.75) is 5.41 Å². The van der Waals surface area contributed by atoms with Crippen LogP contribution < -0.4 is 19.6 Å². The van der Waals surface area contributed by atoms with Crippen molar-refractivity contribution in [1.29, 1.82) is 0 Å². The first-order valence-electron chi connectivity index (χ1n) is 50.3. The van der Waals surface area contributed by atoms with Crippen molar-refractivity contribution in [1.82, 2.24) is 0 Å². The molecule has 148 heavy (non-hydrogen) atoms. The Bertz CT molecular complexity index is 9800. The molecule has 0 spiro atoms. The largest absolute Gasteiger partial charge is 0.456 e. The van der Waals surface area contributed by atoms with Gasteiger partial charge in [0.2, 0.25) is 0 Å². The number of benzene rings is 23. The summed E-state index contributed by atoms with van der Waals surface area (Å²) in [6.45, 7) is 0. The van der Waals surface area contributed by atoms with E-state index in [0.29, 0.717) is 0 Å². The molecule has 0 bridgehead atoms. The van der Waals surface area contributed by atoms with Gasteiger partial charge in [-0.05, 0) is 307 Å². The van der Waals surface area contributed by atoms with Crippen LogP contribution in [0.5, 0.6) is 0 Å². The summed E-state index contributed by atoms with van der Waals surface area (Å²) < 4.78 is 21.1. The van der Waals surface area contributed by atoms with E-state index in [0.717, 1.165) is 134 Å². The van der Waals surface area contributed by atoms with Crippen LogP contribution in [0.15, 0.2) is 555 Å². The molecule has 0 saturated carbocycles. The van der Waals surface area contributed by atoms with E-state index in [1.165, 1.54) is 127 Å². The van der Waals surface area contributed by atoms with Crippen LogP contribution in [0.3, 0.4) is 0 Å². The van der Waals surface area contributed by atoms with E-state index in [2.05, 4.69) is 566 Å². The minimum absolute atomic E-state index is 0.576. The summed E-state index contributed by atoms with van der Waals surface area (Å²) in [6, 6.07) is 198. The zero-order valence-electron chi connectivity index (χ0n) is 80.3. The highest BCUT2D eigenvalue weighted by atomic mass is 32.1. The molecule has 0 amide bonds. The Morgan fingerprint density at radius 2 is 0.480 bits per heavy atom. The first-order chi connectivity index (χ1) is 73.3. The molecular weight excluding hydrogens is 1850 g/mol. The molecule has 28 aromatic rings. The summed E-state index contributed by atoms with van der Waals surface area (Å²) in [6.07, 6.45) is 0. The summed E-state index contributed by atoms with van der Waals surface area (Å²) in [7, 11) is 0. The maximum absolute atomic E-state index is 6.75. The summed E-state index contributed by atoms with van der Waals surface area (Å²) in [5, 5.41) is 12.1. The van der Waals surface area contributed by atoms with Gasteiger partial charge in [0.25, 0.3) is 0 Å². The Kier molecular flexibility index (Phi) is 21.7. The average Bonchev–Trinajstić information content (AvgIpc) is 1.53. The second-order valence-corrected chi connectivity index (χ2v) is 41.3. The second-order valence-electron chi connectivity index (χ2n) is 38.1. The Labute approximate surface area is 868 Å². The van der Waals surface area contributed by atoms with Crippen LogP contribution in [0.2, 0.25) is 0 Å². The number of furan rings is 2. The zero-order chi connectivity index (χ0) is 97.7. The summed E-state index contributed by atoms with van der Waals surface area (Å²) in [4.78, 5) is 9.39. The van der Waals surface area contributed by atoms with Gasteiger partial charge < -0.3 is 28.4 Å². The first kappa shape index (κ1) is 87.3. The van der Waals surface area contributed by atoms with Crippen molar-refractivity contribution in [3.8, 4) is 66.8 Å². The smallest absolute Gasteiger partial charge is 0.137 e. The van der Waals surface area contributed by atoms with E-state index in [9.17, 15) is 0 Å². The number of thiophene rings is 3. The first-order valence-corrected chi connectivity index (χ1v) is 52.7. The highest BCUT2D eigenvalue weighted by Crippen LogP contribution is 2.59. The number of anilines is 12. The van der Waals surface area contributed by atoms with Gasteiger partial charge in [-0.1, -0.05) is 322 Å². The van der Waals surface area contributed by atoms with Crippen molar-refractivity contribution in [3.05, 3.63) is 568 Å². The monoisotopic (exact) mass is 1940 g/mol. The van der Waals surface area contributed by atoms with Crippen molar-refractivity contribution >= 4 is 207 Å². The third-order valence-corrected chi connectivity index (χ3v) is 33.1. The Hall–Kier alpha value is -18.5. The molecule has 0 unspecified atom stereocenters. The number of para-hydroxylation sites is 5. The van der Waals surface area contributed by atoms with Crippen LogP contribution >= 0.6 is 34.0 Å². The van der Waals surface area contributed by atoms with Crippen molar-refractivity contribution in [2.75, 3.05) is 19.6 Å². The minimum atomic E-state index is -0.576. The van der Waals surface area contributed by atoms with E-state index < -0.39 is 5.41 Å². The third kappa shape index (κ3) is 15.4. The number of hydrogen-bond acceptors (Lipinski definition) is 9. The Morgan fingerprint density at radius 3 is 1.04 bits per heavy atom. The van der Waals surface area contributed by atoms with Crippen LogP contribution in [-0.4, -0.2) is 0 Å². The van der Waals surface area contributed by atoms with Gasteiger partial charge in [-0.15, -0.1) is 34.0 Å². The molecule has 29 rings (SSSR count). The van der Waals surface area contributed by atoms with Gasteiger partial charge in [-0.25, -0.2) is 0 Å². The standard InChI is InChI=1S/C73H48N2OS.C66H42N2OS2/c1-6-18-53(19-7-1)73(54-20-8-2-9-21-54)67-41-32-51(44-64(67)61-39-37-59(47-68(61)73)74(55-22-10-3-11-23-55)56-24-12-4-13-25-56)52-33-42-69-65(45-52)62-40-38-60(48-70(62)76-69)75(57-26-14-5-15-27-57)58-35-30-49(31-36-58)50-34-43-72-66(46-50)63-28-16-17-29-71(63)77-72;1-4-14-43(15-5-1)45-16-12-21-51(38-45)68(50-30-26-44(27-31-50)46-29-37-64-60(39-46)55-22-10-11-25-63(55)70-64)52-33-36-62-59(41-52)58-40-47(28-35-61(58)69-62)54-23-13-24-57-56-34-32-53(42-65(56)71-66(54)57)67(48-17-6-2-7-18-48)49-19-8-3-9-20-49/h1-48H;1-42H. The molecule has 6 nitrogen and oxygen atoms in total. The Balaban J connectivity index is 0.000000143. The van der Waals surface area contributed by atoms with Gasteiger partial charge >= 0.3 is 0 Å². The summed E-state index contributed by atoms with van der Waals surface area (Å²) in [5.74, 6) is 0. The predicted molar refractivity (Wildman–Crippen MR) is 629 cm³/mol. The fourth-order valence-corrected chi connectivity index (χ4v) is 26.1. The molecule has 9 heteroatoms. The lowest BCUT2D eigenvalue weighted by atomic mass is 9.67. The average molecular weight is 1940 g/mol. The molecule has 23 aromatic carbocycles. The fourth-order valence-electron chi connectivity index (χ4n) is 22.7. The van der Waals surface area contributed by atoms with Crippen LogP contribution in [0.4, 0.5) is 68.2 Å². The zero-order valence-corrected chi connectivity index (χ0v) is 82.7. The van der Waals surface area contributed by atoms with Crippen LogP contribution in [-0.2, 0) is 5.41 Å². The van der Waals surface area contributed by atoms with Crippen LogP contribution in [0, 0.1) is 0 Å². The van der Waals surface area contributed by atoms with Gasteiger partial charge in [-0.2, -0.15) is 0 Å². The van der Waals surface area contributed by atoms with Gasteiger partial charge in [0, 0.05) is 156 Å². The predicted octanol–water partition coefficient (Wildman–Crippen LogP) is 40.9. The lowest BCUT2D eigenvalue weighted by Crippen LogP contribution is -2.28. The van der Waals surface area contributed by atoms with Gasteiger partial charge in [0.15, 0.2) is 0 Å². The molecule has 1 aliphatic rings. The number of rotatable bonds is 19. The minimum Gasteiger partial charge on any atom is -0.456 e. The lowest BCUT2D eigenvalue weighted by Gasteiger charge is -2.35. The van der Waals surface area contributed by atoms with Crippen molar-refractivity contribution in [2.24, 2.45) is 0 Å². The van der Waals surface area contributed by atoms with E-state index >= 15 is 0 Å². The fraction of sp³-hybridized carbons (Fsp3) is 0.00719. The molecule has 0 fully saturated rings. The number of fused-ring (bicyclic) bond motifs is 18. The third-order valence-electron chi connectivity index (χ3n) is 29.6. The SMILES string of the molecule is c1ccc(-c2cccc(N(c3ccc(-c4ccc5sc6ccccc6c5c4)cc3)c3ccc4oc5ccc(-c6cccc7c6sc6cc(N(c8ccccc8)c8ccccc8)ccc67)cc5c4c3)c2)cc1.c1ccc(N(c2ccccc2)c2ccc3c(c2)C(c2ccccc2)(c2ccccc2)c2ccc(-c4ccc5oc6cc(N(c7ccccc7)c7ccc(-c8ccc9sc%10ccccc%10c9c8)cc7)ccc6c5c4)cc2-3)cc1. The van der Waals surface area contributed by atoms with Crippen molar-refractivity contribution < 1.29 is 8.83 Å². The normalized spacial score (nSPS) is 12.1. The van der Waals surface area contributed by atoms with E-state index in [1.54, 1.807) is 0 Å². The molecular formula is C139H90N4O2S3. The molecule has 1 aliphatic carbocycles. The lowest BCUT2D eigenvalue weighted by molar-refractivity contribution is 0.668. The summed E-state index contributed by atoms with van der Waals surface area (Å²) >= 11 is 5.57. The number of nitrogens with zero attached hydrogens (tertiary/aromatic N) is 4. The quantitative estimate of drug-likeness (QED) is 0.0803. The molecule has 696 valence electrons. The maximum Gasteiger partial charge on any atom is 0.137 e. The molecule has 0 atom stereocenters. The van der Waals surface area contributed by atoms with Gasteiger partial charge in [-0.3, -0.25) is 0 Å². The van der Waals surface area contributed by atoms with Crippen molar-refractivity contribution in [3.63, 3.8) is 0 Å². The van der Waals surface area contributed by atoms with Gasteiger partial charge in [0.05, 0.1) is 5.41 Å². The Morgan fingerprint density at radius 1 is 0.149 bits per heavy atom. The number of hydrogen-bond donors (Lipinski definition) is 0. The highest BCUT2D eigenvalue weighted by Gasteiger charge is 2.47. The maximum atomic E-state index is 6.75. The molecule has 0 radical (unpaired) electrons. The van der Waals surface area contributed by atoms with E-state index in [4.69, 9.17) is 8.83 Å². The van der Waals surface area contributed by atoms with Gasteiger partial charge in [0.1, 0.15) is 22.3 Å². The molecule has 0 N–H and O–H groups in total. The molecule has 0 aliphatic heterocycles. The van der Waals surface area contributed by atoms with E-state index in [1.807, 2.05) is 34.0 Å². The van der Waals surface area contributed by atoms with Crippen LogP contribution in [0.25, 0.3) is 171 Å². The van der Waals surface area contributed by atoms with E-state index in [-0.39, 0.29) is 0 Å². The highest BCUT2D eigenvalue weighted by molar-refractivity contribution is 7.27. The second kappa shape index (κ2) is 36.7. The molecule has 0 saturated heterocycles.